The Morgan fingerprint density at radius 2 is 1.67 bits per heavy atom. The fraction of sp³-hybridized carbons (Fsp3) is 0.348. The molecule has 0 aromatic heterocycles. The number of carbonyl (C=O) groups is 2. The van der Waals surface area contributed by atoms with Gasteiger partial charge in [0.25, 0.3) is 0 Å². The molecule has 0 fully saturated rings. The first kappa shape index (κ1) is 33.1. The lowest BCUT2D eigenvalue weighted by atomic mass is 10.1. The highest BCUT2D eigenvalue weighted by molar-refractivity contribution is 7.89. The molecule has 0 spiro atoms. The summed E-state index contributed by atoms with van der Waals surface area (Å²) >= 11 is 0. The largest absolute Gasteiger partial charge is 0.494 e. The van der Waals surface area contributed by atoms with Crippen molar-refractivity contribution in [2.24, 2.45) is 5.73 Å². The number of nitrogens with two attached hydrogens (primary N) is 1. The van der Waals surface area contributed by atoms with Crippen molar-refractivity contribution in [2.75, 3.05) is 13.2 Å². The van der Waals surface area contributed by atoms with E-state index in [9.17, 15) is 31.5 Å². The van der Waals surface area contributed by atoms with E-state index in [0.717, 1.165) is 5.56 Å². The predicted octanol–water partition coefficient (Wildman–Crippen LogP) is 2.09. The highest BCUT2D eigenvalue weighted by atomic mass is 32.2. The van der Waals surface area contributed by atoms with E-state index in [0.29, 0.717) is 36.5 Å². The maximum atomic E-state index is 12.8. The minimum absolute atomic E-state index is 0.0235. The zero-order chi connectivity index (χ0) is 29.8. The van der Waals surface area contributed by atoms with Gasteiger partial charge in [-0.15, -0.1) is 0 Å². The topological polar surface area (TPSA) is 201 Å². The Morgan fingerprint density at radius 3 is 2.18 bits per heavy atom. The van der Waals surface area contributed by atoms with E-state index in [1.165, 1.54) is 6.07 Å². The van der Waals surface area contributed by atoms with Crippen molar-refractivity contribution in [3.8, 4) is 5.75 Å². The lowest BCUT2D eigenvalue weighted by Gasteiger charge is -2.17. The number of carboxylic acids is 2. The number of aliphatic carboxylic acids is 2. The third-order valence-corrected chi connectivity index (χ3v) is 6.29. The fourth-order valence-electron chi connectivity index (χ4n) is 2.83. The molecule has 0 bridgehead atoms. The zero-order valence-corrected chi connectivity index (χ0v) is 21.7. The summed E-state index contributed by atoms with van der Waals surface area (Å²) in [4.78, 5) is 25.6. The molecule has 0 aliphatic rings. The summed E-state index contributed by atoms with van der Waals surface area (Å²) in [6.07, 6.45) is -4.55. The Hall–Kier alpha value is -3.89. The molecule has 1 atom stereocenters. The minimum Gasteiger partial charge on any atom is -0.494 e. The third-order valence-electron chi connectivity index (χ3n) is 4.68. The van der Waals surface area contributed by atoms with E-state index in [-0.39, 0.29) is 17.3 Å². The van der Waals surface area contributed by atoms with Gasteiger partial charge in [-0.3, -0.25) is 15.0 Å². The molecule has 7 N–H and O–H groups in total. The molecule has 0 radical (unpaired) electrons. The van der Waals surface area contributed by atoms with Crippen LogP contribution in [0.2, 0.25) is 0 Å². The van der Waals surface area contributed by atoms with Crippen molar-refractivity contribution in [2.45, 2.75) is 43.8 Å². The molecule has 16 heteroatoms. The molecular formula is C23H29F3N4O8S. The lowest BCUT2D eigenvalue weighted by molar-refractivity contribution is -0.192. The molecular weight excluding hydrogens is 549 g/mol. The van der Waals surface area contributed by atoms with Crippen molar-refractivity contribution in [1.82, 2.24) is 10.2 Å². The van der Waals surface area contributed by atoms with E-state index in [1.54, 1.807) is 50.2 Å². The molecule has 0 aliphatic carbocycles. The Morgan fingerprint density at radius 1 is 1.08 bits per heavy atom. The number of carboxylic acid groups (broad SMARTS) is 2. The van der Waals surface area contributed by atoms with Crippen molar-refractivity contribution >= 4 is 27.9 Å². The Kier molecular flexibility index (Phi) is 12.7. The zero-order valence-electron chi connectivity index (χ0n) is 20.9. The summed E-state index contributed by atoms with van der Waals surface area (Å²) in [5, 5.41) is 23.6. The number of ether oxygens (including phenoxy) is 1. The number of guanidine groups is 1. The number of aryl methyl sites for hydroxylation is 2. The van der Waals surface area contributed by atoms with E-state index >= 15 is 0 Å². The first-order valence-corrected chi connectivity index (χ1v) is 12.6. The summed E-state index contributed by atoms with van der Waals surface area (Å²) in [7, 11) is -4.00. The first-order chi connectivity index (χ1) is 18.0. The van der Waals surface area contributed by atoms with Crippen LogP contribution in [0.5, 0.6) is 5.75 Å². The van der Waals surface area contributed by atoms with Crippen LogP contribution in [-0.4, -0.2) is 62.0 Å². The van der Waals surface area contributed by atoms with Crippen LogP contribution in [0.3, 0.4) is 0 Å². The number of hydrogen-bond donors (Lipinski definition) is 6. The van der Waals surface area contributed by atoms with Crippen LogP contribution in [0.15, 0.2) is 47.4 Å². The van der Waals surface area contributed by atoms with Crippen LogP contribution in [0.25, 0.3) is 0 Å². The molecule has 2 aromatic carbocycles. The van der Waals surface area contributed by atoms with Gasteiger partial charge in [-0.25, -0.2) is 18.7 Å². The van der Waals surface area contributed by atoms with Gasteiger partial charge in [-0.2, -0.15) is 17.9 Å². The molecule has 39 heavy (non-hydrogen) atoms. The standard InChI is InChI=1S/C21H28N4O6S.C2HF3O2/c1-14-4-5-15(2)19(12-14)32(28,29)25-18(20(26)27)13-16-6-8-17(9-7-16)30-10-3-11-31-24-21(22)23;3-2(4,5)1(6)7/h4-9,12,18,25H,3,10-11,13H2,1-2H3,(H,26,27)(H4,22,23,24);(H,6,7)/t18-;/m0./s1. The van der Waals surface area contributed by atoms with Crippen LogP contribution < -0.4 is 20.7 Å². The maximum absolute atomic E-state index is 12.8. The van der Waals surface area contributed by atoms with Gasteiger partial charge in [0.2, 0.25) is 16.0 Å². The Labute approximate surface area is 222 Å². The van der Waals surface area contributed by atoms with Gasteiger partial charge in [0, 0.05) is 6.42 Å². The number of nitrogens with one attached hydrogen (secondary N) is 3. The summed E-state index contributed by atoms with van der Waals surface area (Å²) in [6, 6.07) is 10.4. The number of rotatable bonds is 12. The van der Waals surface area contributed by atoms with Crippen LogP contribution >= 0.6 is 0 Å². The smallest absolute Gasteiger partial charge is 0.490 e. The van der Waals surface area contributed by atoms with Gasteiger partial charge >= 0.3 is 18.1 Å². The molecule has 0 amide bonds. The van der Waals surface area contributed by atoms with Crippen LogP contribution in [0, 0.1) is 19.3 Å². The summed E-state index contributed by atoms with van der Waals surface area (Å²) < 4.78 is 65.1. The van der Waals surface area contributed by atoms with Crippen molar-refractivity contribution in [1.29, 1.82) is 5.41 Å². The first-order valence-electron chi connectivity index (χ1n) is 11.1. The van der Waals surface area contributed by atoms with Crippen molar-refractivity contribution in [3.63, 3.8) is 0 Å². The van der Waals surface area contributed by atoms with Gasteiger partial charge in [0.15, 0.2) is 0 Å². The summed E-state index contributed by atoms with van der Waals surface area (Å²) in [5.74, 6) is -3.72. The number of halogens is 3. The number of hydrogen-bond acceptors (Lipinski definition) is 7. The van der Waals surface area contributed by atoms with E-state index in [4.69, 9.17) is 30.6 Å². The molecule has 0 saturated carbocycles. The van der Waals surface area contributed by atoms with Gasteiger partial charge in [-0.1, -0.05) is 24.3 Å². The number of benzene rings is 2. The molecule has 0 aliphatic heterocycles. The molecule has 0 unspecified atom stereocenters. The average molecular weight is 579 g/mol. The molecule has 12 nitrogen and oxygen atoms in total. The third kappa shape index (κ3) is 12.5. The summed E-state index contributed by atoms with van der Waals surface area (Å²) in [5.41, 5.74) is 9.25. The van der Waals surface area contributed by atoms with E-state index < -0.39 is 34.2 Å². The number of hydroxylamine groups is 1. The molecule has 0 saturated heterocycles. The fourth-order valence-corrected chi connectivity index (χ4v) is 4.35. The molecule has 0 heterocycles. The Bertz CT molecular complexity index is 1240. The van der Waals surface area contributed by atoms with Crippen molar-refractivity contribution in [3.05, 3.63) is 59.2 Å². The van der Waals surface area contributed by atoms with Gasteiger partial charge < -0.3 is 20.7 Å². The van der Waals surface area contributed by atoms with Crippen molar-refractivity contribution < 1.29 is 51.0 Å². The number of sulfonamides is 1. The minimum atomic E-state index is -5.08. The van der Waals surface area contributed by atoms with Gasteiger partial charge in [0.05, 0.1) is 18.1 Å². The summed E-state index contributed by atoms with van der Waals surface area (Å²) in [6.45, 7) is 4.10. The van der Waals surface area contributed by atoms with E-state index in [2.05, 4.69) is 10.2 Å². The predicted molar refractivity (Wildman–Crippen MR) is 133 cm³/mol. The second kappa shape index (κ2) is 14.9. The average Bonchev–Trinajstić information content (AvgIpc) is 2.82. The highest BCUT2D eigenvalue weighted by Crippen LogP contribution is 2.19. The SMILES string of the molecule is Cc1ccc(C)c(S(=O)(=O)N[C@@H](Cc2ccc(OCCCONC(=N)N)cc2)C(=O)O)c1.O=C(O)C(F)(F)F. The van der Waals surface area contributed by atoms with E-state index in [1.807, 2.05) is 0 Å². The van der Waals surface area contributed by atoms with Crippen LogP contribution in [0.1, 0.15) is 23.1 Å². The quantitative estimate of drug-likeness (QED) is 0.0937. The van der Waals surface area contributed by atoms with Gasteiger partial charge in [-0.05, 0) is 55.2 Å². The molecule has 2 rings (SSSR count). The van der Waals surface area contributed by atoms with Crippen LogP contribution in [-0.2, 0) is 30.9 Å². The molecule has 2 aromatic rings. The van der Waals surface area contributed by atoms with Gasteiger partial charge in [0.1, 0.15) is 11.8 Å². The van der Waals surface area contributed by atoms with Crippen LogP contribution in [0.4, 0.5) is 13.2 Å². The monoisotopic (exact) mass is 578 g/mol. The normalized spacial score (nSPS) is 12.0. The second-order valence-electron chi connectivity index (χ2n) is 8.00. The Balaban J connectivity index is 0.000000956. The highest BCUT2D eigenvalue weighted by Gasteiger charge is 2.38. The maximum Gasteiger partial charge on any atom is 0.490 e. The molecule has 216 valence electrons. The second-order valence-corrected chi connectivity index (χ2v) is 9.68. The lowest BCUT2D eigenvalue weighted by Crippen LogP contribution is -2.42. The number of alkyl halides is 3.